The van der Waals surface area contributed by atoms with Gasteiger partial charge in [-0.25, -0.2) is 9.59 Å². The topological polar surface area (TPSA) is 52.6 Å². The largest absolute Gasteiger partial charge is 0.464 e. The molecule has 0 aliphatic rings. The maximum atomic E-state index is 11.6. The Hall–Kier alpha value is 0.800. The molecule has 0 bridgehead atoms. The molecule has 0 aromatic rings. The summed E-state index contributed by atoms with van der Waals surface area (Å²) in [6, 6.07) is 0. The fourth-order valence-electron chi connectivity index (χ4n) is 2.60. The third-order valence-corrected chi connectivity index (χ3v) is 7.97. The minimum atomic E-state index is -1.42. The molecule has 0 heterocycles. The summed E-state index contributed by atoms with van der Waals surface area (Å²) < 4.78 is 6.90. The number of thioether (sulfide) groups is 2. The third-order valence-electron chi connectivity index (χ3n) is 4.28. The Kier molecular flexibility index (Phi) is 19.6. The lowest BCUT2D eigenvalue weighted by Gasteiger charge is -2.17. The highest BCUT2D eigenvalue weighted by atomic mass is 35.5. The summed E-state index contributed by atoms with van der Waals surface area (Å²) in [4.78, 5) is 23.2. The van der Waals surface area contributed by atoms with E-state index in [1.165, 1.54) is 6.42 Å². The molecule has 0 rings (SSSR count). The lowest BCUT2D eigenvalue weighted by molar-refractivity contribution is -0.145. The number of unbranched alkanes of at least 4 members (excludes halogenated alkanes) is 4. The number of carbonyl (C=O) groups excluding carboxylic acids is 2. The summed E-state index contributed by atoms with van der Waals surface area (Å²) in [6.45, 7) is 4.05. The van der Waals surface area contributed by atoms with Crippen molar-refractivity contribution in [2.24, 2.45) is 0 Å². The van der Waals surface area contributed by atoms with Gasteiger partial charge in [0.1, 0.15) is 0 Å². The predicted octanol–water partition coefficient (Wildman–Crippen LogP) is 7.44. The van der Waals surface area contributed by atoms with Crippen molar-refractivity contribution >= 4 is 81.9 Å². The molecule has 0 atom stereocenters. The first-order valence-corrected chi connectivity index (χ1v) is 14.7. The maximum absolute atomic E-state index is 11.6. The number of carbonyl (C=O) groups is 2. The molecule has 31 heavy (non-hydrogen) atoms. The van der Waals surface area contributed by atoms with Gasteiger partial charge in [0.2, 0.25) is 8.67 Å². The van der Waals surface area contributed by atoms with Crippen molar-refractivity contribution in [3.8, 4) is 0 Å². The molecule has 0 spiro atoms. The van der Waals surface area contributed by atoms with Gasteiger partial charge in [-0.05, 0) is 81.8 Å². The highest BCUT2D eigenvalue weighted by molar-refractivity contribution is 8.00. The number of hydrogen-bond donors (Lipinski definition) is 0. The van der Waals surface area contributed by atoms with Crippen LogP contribution in [-0.2, 0) is 19.1 Å². The Morgan fingerprint density at radius 3 is 1.32 bits per heavy atom. The van der Waals surface area contributed by atoms with Crippen LogP contribution in [0.5, 0.6) is 0 Å². The number of hydrogen-bond acceptors (Lipinski definition) is 6. The van der Waals surface area contributed by atoms with Gasteiger partial charge in [0.25, 0.3) is 0 Å². The van der Waals surface area contributed by atoms with E-state index in [2.05, 4.69) is 0 Å². The monoisotopic (exact) mass is 556 g/mol. The van der Waals surface area contributed by atoms with Crippen molar-refractivity contribution in [1.29, 1.82) is 0 Å². The van der Waals surface area contributed by atoms with E-state index in [1.54, 1.807) is 13.8 Å². The van der Waals surface area contributed by atoms with Crippen LogP contribution in [0.4, 0.5) is 0 Å². The molecule has 184 valence electrons. The second-order valence-corrected chi connectivity index (χ2v) is 12.5. The Balaban J connectivity index is 3.44. The van der Waals surface area contributed by atoms with Crippen molar-refractivity contribution in [3.63, 3.8) is 0 Å². The van der Waals surface area contributed by atoms with E-state index in [9.17, 15) is 9.59 Å². The lowest BCUT2D eigenvalue weighted by Crippen LogP contribution is -2.28. The van der Waals surface area contributed by atoms with Crippen molar-refractivity contribution in [2.75, 3.05) is 36.2 Å². The van der Waals surface area contributed by atoms with Gasteiger partial charge in [0, 0.05) is 0 Å². The highest BCUT2D eigenvalue weighted by Gasteiger charge is 2.35. The molecule has 0 aromatic carbocycles. The van der Waals surface area contributed by atoms with Crippen molar-refractivity contribution in [1.82, 2.24) is 0 Å². The molecule has 0 saturated carbocycles. The van der Waals surface area contributed by atoms with Crippen molar-refractivity contribution in [3.05, 3.63) is 0 Å². The summed E-state index contributed by atoms with van der Waals surface area (Å²) in [7, 11) is 0. The van der Waals surface area contributed by atoms with Gasteiger partial charge in [-0.15, -0.1) is 0 Å². The molecule has 0 radical (unpaired) electrons. The molecule has 4 nitrogen and oxygen atoms in total. The van der Waals surface area contributed by atoms with Crippen molar-refractivity contribution in [2.45, 2.75) is 80.3 Å². The van der Waals surface area contributed by atoms with Crippen LogP contribution in [0.2, 0.25) is 0 Å². The number of ether oxygens (including phenoxy) is 2. The van der Waals surface area contributed by atoms with Crippen LogP contribution in [-0.4, -0.2) is 56.8 Å². The molecular weight excluding hydrogens is 522 g/mol. The van der Waals surface area contributed by atoms with Crippen molar-refractivity contribution < 1.29 is 19.1 Å². The van der Waals surface area contributed by atoms with E-state index in [1.807, 2.05) is 23.5 Å². The number of esters is 2. The minimum Gasteiger partial charge on any atom is -0.464 e. The number of alkyl halides is 4. The van der Waals surface area contributed by atoms with Crippen LogP contribution in [0.15, 0.2) is 0 Å². The van der Waals surface area contributed by atoms with E-state index < -0.39 is 20.6 Å². The number of rotatable bonds is 20. The second kappa shape index (κ2) is 19.1. The smallest absolute Gasteiger partial charge is 0.342 e. The molecule has 0 saturated heterocycles. The molecule has 0 unspecified atom stereocenters. The first-order chi connectivity index (χ1) is 14.7. The standard InChI is InChI=1S/C21H36Cl4O4S2/c1-3-28-18(26)20(22,23)12-7-5-9-14-30-16-11-17-31-15-10-6-8-13-21(24,25)19(27)29-4-2/h3-17H2,1-2H3. The van der Waals surface area contributed by atoms with Crippen LogP contribution in [0.25, 0.3) is 0 Å². The molecule has 10 heteroatoms. The fraction of sp³-hybridized carbons (Fsp3) is 0.905. The summed E-state index contributed by atoms with van der Waals surface area (Å²) >= 11 is 28.0. The van der Waals surface area contributed by atoms with Gasteiger partial charge in [0.15, 0.2) is 0 Å². The Morgan fingerprint density at radius 2 is 0.968 bits per heavy atom. The van der Waals surface area contributed by atoms with E-state index in [0.29, 0.717) is 12.8 Å². The average Bonchev–Trinajstić information content (AvgIpc) is 2.71. The van der Waals surface area contributed by atoms with Crippen LogP contribution in [0.3, 0.4) is 0 Å². The summed E-state index contributed by atoms with van der Waals surface area (Å²) in [5, 5.41) is 0. The predicted molar refractivity (Wildman–Crippen MR) is 138 cm³/mol. The van der Waals surface area contributed by atoms with Crippen LogP contribution >= 0.6 is 69.9 Å². The first-order valence-electron chi connectivity index (χ1n) is 10.9. The van der Waals surface area contributed by atoms with E-state index in [-0.39, 0.29) is 13.2 Å². The van der Waals surface area contributed by atoms with Gasteiger partial charge >= 0.3 is 11.9 Å². The zero-order valence-corrected chi connectivity index (χ0v) is 23.2. The van der Waals surface area contributed by atoms with Gasteiger partial charge in [-0.2, -0.15) is 23.5 Å². The maximum Gasteiger partial charge on any atom is 0.342 e. The first kappa shape index (κ1) is 31.8. The van der Waals surface area contributed by atoms with E-state index in [4.69, 9.17) is 55.9 Å². The van der Waals surface area contributed by atoms with Crippen LogP contribution < -0.4 is 0 Å². The Labute approximate surface area is 216 Å². The summed E-state index contributed by atoms with van der Waals surface area (Å²) in [6.07, 6.45) is 7.88. The van der Waals surface area contributed by atoms with Crippen LogP contribution in [0, 0.1) is 0 Å². The minimum absolute atomic E-state index is 0.286. The van der Waals surface area contributed by atoms with E-state index in [0.717, 1.165) is 61.5 Å². The van der Waals surface area contributed by atoms with Gasteiger partial charge in [-0.3, -0.25) is 0 Å². The van der Waals surface area contributed by atoms with Gasteiger partial charge in [-0.1, -0.05) is 59.2 Å². The van der Waals surface area contributed by atoms with Gasteiger partial charge in [0.05, 0.1) is 13.2 Å². The lowest BCUT2D eigenvalue weighted by atomic mass is 10.1. The zero-order valence-electron chi connectivity index (χ0n) is 18.6. The number of halogens is 4. The second-order valence-electron chi connectivity index (χ2n) is 7.05. The van der Waals surface area contributed by atoms with Gasteiger partial charge < -0.3 is 9.47 Å². The molecule has 0 aliphatic carbocycles. The quantitative estimate of drug-likeness (QED) is 0.0880. The normalized spacial score (nSPS) is 12.1. The average molecular weight is 558 g/mol. The fourth-order valence-corrected chi connectivity index (χ4v) is 5.46. The Morgan fingerprint density at radius 1 is 0.613 bits per heavy atom. The molecule has 0 fully saturated rings. The highest BCUT2D eigenvalue weighted by Crippen LogP contribution is 2.30. The summed E-state index contributed by atoms with van der Waals surface area (Å²) in [5.74, 6) is 3.44. The summed E-state index contributed by atoms with van der Waals surface area (Å²) in [5.41, 5.74) is 0. The molecule has 0 amide bonds. The third kappa shape index (κ3) is 17.0. The van der Waals surface area contributed by atoms with Crippen LogP contribution in [0.1, 0.15) is 71.6 Å². The molecular formula is C21H36Cl4O4S2. The molecule has 0 aliphatic heterocycles. The molecule has 0 aromatic heterocycles. The Bertz CT molecular complexity index is 452. The molecule has 0 N–H and O–H groups in total. The zero-order chi connectivity index (χ0) is 23.6. The SMILES string of the molecule is CCOC(=O)C(Cl)(Cl)CCCCCSCCCSCCCCCC(Cl)(Cl)C(=O)OCC. The van der Waals surface area contributed by atoms with E-state index >= 15 is 0 Å².